The molecular formula is C10H13ClFNO. The van der Waals surface area contributed by atoms with Gasteiger partial charge in [-0.25, -0.2) is 4.39 Å². The van der Waals surface area contributed by atoms with Gasteiger partial charge in [-0.3, -0.25) is 0 Å². The normalized spacial score (nSPS) is 10.6. The summed E-state index contributed by atoms with van der Waals surface area (Å²) in [6.45, 7) is 0.164. The molecule has 78 valence electrons. The number of hydrogen-bond acceptors (Lipinski definition) is 2. The molecular weight excluding hydrogens is 205 g/mol. The Labute approximate surface area is 89.0 Å². The predicted molar refractivity (Wildman–Crippen MR) is 58.4 cm³/mol. The summed E-state index contributed by atoms with van der Waals surface area (Å²) in [5.41, 5.74) is 6.52. The number of para-hydroxylation sites is 1. The van der Waals surface area contributed by atoms with Crippen molar-refractivity contribution in [2.45, 2.75) is 0 Å². The third-order valence-corrected chi connectivity index (χ3v) is 1.80. The van der Waals surface area contributed by atoms with Gasteiger partial charge in [0.15, 0.2) is 0 Å². The summed E-state index contributed by atoms with van der Waals surface area (Å²) in [4.78, 5) is 0. The van der Waals surface area contributed by atoms with Crippen molar-refractivity contribution >= 4 is 18.0 Å². The Morgan fingerprint density at radius 3 is 2.64 bits per heavy atom. The van der Waals surface area contributed by atoms with Crippen LogP contribution in [0.1, 0.15) is 5.56 Å². The quantitative estimate of drug-likeness (QED) is 0.844. The maximum Gasteiger partial charge on any atom is 0.126 e. The molecule has 14 heavy (non-hydrogen) atoms. The highest BCUT2D eigenvalue weighted by molar-refractivity contribution is 5.85. The van der Waals surface area contributed by atoms with Gasteiger partial charge in [-0.1, -0.05) is 18.2 Å². The fraction of sp³-hybridized carbons (Fsp3) is 0.200. The van der Waals surface area contributed by atoms with E-state index in [-0.39, 0.29) is 19.0 Å². The largest absolute Gasteiger partial charge is 0.496 e. The Kier molecular flexibility index (Phi) is 5.92. The molecule has 0 radical (unpaired) electrons. The smallest absolute Gasteiger partial charge is 0.126 e. The molecule has 0 bridgehead atoms. The molecule has 0 aliphatic heterocycles. The lowest BCUT2D eigenvalue weighted by Crippen LogP contribution is -2.03. The molecule has 1 rings (SSSR count). The lowest BCUT2D eigenvalue weighted by molar-refractivity contribution is 0.413. The van der Waals surface area contributed by atoms with Crippen molar-refractivity contribution in [3.05, 3.63) is 36.2 Å². The fourth-order valence-corrected chi connectivity index (χ4v) is 1.12. The van der Waals surface area contributed by atoms with Crippen molar-refractivity contribution in [3.63, 3.8) is 0 Å². The van der Waals surface area contributed by atoms with E-state index in [1.165, 1.54) is 0 Å². The molecule has 0 saturated heterocycles. The summed E-state index contributed by atoms with van der Waals surface area (Å²) in [7, 11) is 1.55. The second kappa shape index (κ2) is 6.40. The molecule has 0 fully saturated rings. The molecule has 4 heteroatoms. The van der Waals surface area contributed by atoms with E-state index in [4.69, 9.17) is 10.5 Å². The second-order valence-corrected chi connectivity index (χ2v) is 2.54. The number of benzene rings is 1. The predicted octanol–water partition coefficient (Wildman–Crippen LogP) is 2.39. The van der Waals surface area contributed by atoms with Crippen molar-refractivity contribution in [3.8, 4) is 5.75 Å². The van der Waals surface area contributed by atoms with Crippen LogP contribution in [0.4, 0.5) is 4.39 Å². The number of ether oxygens (including phenoxy) is 1. The minimum absolute atomic E-state index is 0. The van der Waals surface area contributed by atoms with Gasteiger partial charge in [0.2, 0.25) is 0 Å². The van der Waals surface area contributed by atoms with Crippen LogP contribution in [0, 0.1) is 0 Å². The number of rotatable bonds is 3. The van der Waals surface area contributed by atoms with Crippen LogP contribution in [0.15, 0.2) is 30.6 Å². The second-order valence-electron chi connectivity index (χ2n) is 2.54. The van der Waals surface area contributed by atoms with E-state index in [1.54, 1.807) is 19.2 Å². The van der Waals surface area contributed by atoms with Crippen LogP contribution in [0.2, 0.25) is 0 Å². The van der Waals surface area contributed by atoms with Gasteiger partial charge in [0.05, 0.1) is 13.4 Å². The highest BCUT2D eigenvalue weighted by atomic mass is 35.5. The molecule has 0 aliphatic carbocycles. The molecule has 1 aromatic rings. The molecule has 2 nitrogen and oxygen atoms in total. The Balaban J connectivity index is 0.00000169. The van der Waals surface area contributed by atoms with Crippen LogP contribution in [-0.4, -0.2) is 13.7 Å². The first-order chi connectivity index (χ1) is 6.33. The van der Waals surface area contributed by atoms with E-state index in [0.29, 0.717) is 23.2 Å². The molecule has 0 heterocycles. The van der Waals surface area contributed by atoms with E-state index in [1.807, 2.05) is 12.1 Å². The minimum atomic E-state index is 0. The summed E-state index contributed by atoms with van der Waals surface area (Å²) in [6, 6.07) is 7.19. The highest BCUT2D eigenvalue weighted by Gasteiger charge is 2.05. The van der Waals surface area contributed by atoms with E-state index in [2.05, 4.69) is 0 Å². The zero-order valence-electron chi connectivity index (χ0n) is 7.87. The monoisotopic (exact) mass is 217 g/mol. The van der Waals surface area contributed by atoms with Crippen molar-refractivity contribution in [2.75, 3.05) is 13.7 Å². The van der Waals surface area contributed by atoms with E-state index in [9.17, 15) is 4.39 Å². The zero-order valence-corrected chi connectivity index (χ0v) is 8.68. The van der Waals surface area contributed by atoms with E-state index >= 15 is 0 Å². The van der Waals surface area contributed by atoms with Gasteiger partial charge in [0.1, 0.15) is 5.75 Å². The zero-order chi connectivity index (χ0) is 9.68. The van der Waals surface area contributed by atoms with Gasteiger partial charge in [-0.15, -0.1) is 12.4 Å². The van der Waals surface area contributed by atoms with Crippen LogP contribution in [0.3, 0.4) is 0 Å². The standard InChI is InChI=1S/C10H12FNO.ClH/c1-13-10-5-3-2-4-9(10)8(6-11)7-12;/h2-6H,7,12H2,1H3;1H/b8-6-;. The van der Waals surface area contributed by atoms with Gasteiger partial charge >= 0.3 is 0 Å². The first-order valence-corrected chi connectivity index (χ1v) is 3.96. The average Bonchev–Trinajstić information content (AvgIpc) is 2.20. The molecule has 0 spiro atoms. The third kappa shape index (κ3) is 2.72. The average molecular weight is 218 g/mol. The van der Waals surface area contributed by atoms with Crippen molar-refractivity contribution in [1.82, 2.24) is 0 Å². The Bertz CT molecular complexity index is 315. The van der Waals surface area contributed by atoms with Gasteiger partial charge < -0.3 is 10.5 Å². The SMILES string of the molecule is COc1ccccc1/C(=C\F)CN.Cl. The first kappa shape index (κ1) is 12.9. The number of hydrogen-bond donors (Lipinski definition) is 1. The van der Waals surface area contributed by atoms with Crippen molar-refractivity contribution in [1.29, 1.82) is 0 Å². The van der Waals surface area contributed by atoms with E-state index < -0.39 is 0 Å². The summed E-state index contributed by atoms with van der Waals surface area (Å²) in [5.74, 6) is 0.636. The maximum atomic E-state index is 12.4. The Hall–Kier alpha value is -1.06. The molecule has 0 amide bonds. The lowest BCUT2D eigenvalue weighted by atomic mass is 10.1. The maximum absolute atomic E-state index is 12.4. The van der Waals surface area contributed by atoms with Crippen LogP contribution in [0.5, 0.6) is 5.75 Å². The molecule has 1 aromatic carbocycles. The molecule has 0 aromatic heterocycles. The molecule has 0 atom stereocenters. The van der Waals surface area contributed by atoms with Crippen LogP contribution in [-0.2, 0) is 0 Å². The topological polar surface area (TPSA) is 35.2 Å². The van der Waals surface area contributed by atoms with Gasteiger partial charge in [0, 0.05) is 17.7 Å². The molecule has 0 unspecified atom stereocenters. The third-order valence-electron chi connectivity index (χ3n) is 1.80. The highest BCUT2D eigenvalue weighted by Crippen LogP contribution is 2.24. The molecule has 0 saturated carbocycles. The van der Waals surface area contributed by atoms with E-state index in [0.717, 1.165) is 0 Å². The van der Waals surface area contributed by atoms with Crippen molar-refractivity contribution < 1.29 is 9.13 Å². The van der Waals surface area contributed by atoms with Gasteiger partial charge in [-0.05, 0) is 6.07 Å². The number of halogens is 2. The molecule has 2 N–H and O–H groups in total. The summed E-state index contributed by atoms with van der Waals surface area (Å²) < 4.78 is 17.4. The van der Waals surface area contributed by atoms with Crippen molar-refractivity contribution in [2.24, 2.45) is 5.73 Å². The van der Waals surface area contributed by atoms with Gasteiger partial charge in [0.25, 0.3) is 0 Å². The lowest BCUT2D eigenvalue weighted by Gasteiger charge is -2.08. The summed E-state index contributed by atoms with van der Waals surface area (Å²) in [6.07, 6.45) is 0.512. The van der Waals surface area contributed by atoms with Crippen LogP contribution < -0.4 is 10.5 Å². The fourth-order valence-electron chi connectivity index (χ4n) is 1.12. The number of methoxy groups -OCH3 is 1. The Morgan fingerprint density at radius 1 is 1.50 bits per heavy atom. The Morgan fingerprint density at radius 2 is 2.14 bits per heavy atom. The van der Waals surface area contributed by atoms with Crippen LogP contribution in [0.25, 0.3) is 5.57 Å². The minimum Gasteiger partial charge on any atom is -0.496 e. The molecule has 0 aliphatic rings. The summed E-state index contributed by atoms with van der Waals surface area (Å²) in [5, 5.41) is 0. The number of nitrogens with two attached hydrogens (primary N) is 1. The van der Waals surface area contributed by atoms with Gasteiger partial charge in [-0.2, -0.15) is 0 Å². The van der Waals surface area contributed by atoms with Crippen LogP contribution >= 0.6 is 12.4 Å². The first-order valence-electron chi connectivity index (χ1n) is 3.96. The summed E-state index contributed by atoms with van der Waals surface area (Å²) >= 11 is 0.